The molecule has 0 spiro atoms. The summed E-state index contributed by atoms with van der Waals surface area (Å²) in [4.78, 5) is 0. The molecule has 4 heterocycles. The lowest BCUT2D eigenvalue weighted by Crippen LogP contribution is -2.54. The van der Waals surface area contributed by atoms with Crippen molar-refractivity contribution >= 4 is 75.4 Å². The maximum Gasteiger partial charge on any atom is 0.143 e. The van der Waals surface area contributed by atoms with E-state index in [2.05, 4.69) is 155 Å². The Labute approximate surface area is 297 Å². The molecule has 3 atom stereocenters. The second-order valence-electron chi connectivity index (χ2n) is 13.4. The number of rotatable bonds is 4. The second kappa shape index (κ2) is 11.4. The minimum atomic E-state index is -0.124. The zero-order chi connectivity index (χ0) is 33.5. The van der Waals surface area contributed by atoms with Crippen molar-refractivity contribution < 1.29 is 8.83 Å². The molecule has 6 heteroatoms. The van der Waals surface area contributed by atoms with Crippen LogP contribution in [0, 0.1) is 0 Å². The Morgan fingerprint density at radius 3 is 2.06 bits per heavy atom. The average molecular weight is 678 g/mol. The summed E-state index contributed by atoms with van der Waals surface area (Å²) in [5, 5.41) is 18.7. The van der Waals surface area contributed by atoms with Crippen LogP contribution in [-0.4, -0.2) is 0 Å². The smallest absolute Gasteiger partial charge is 0.143 e. The Kier molecular flexibility index (Phi) is 6.48. The molecule has 5 nitrogen and oxygen atoms in total. The average Bonchev–Trinajstić information content (AvgIpc) is 3.88. The van der Waals surface area contributed by atoms with Gasteiger partial charge in [-0.15, -0.1) is 11.3 Å². The molecule has 3 aromatic heterocycles. The lowest BCUT2D eigenvalue weighted by Gasteiger charge is -2.40. The Hall–Kier alpha value is -5.76. The van der Waals surface area contributed by atoms with Gasteiger partial charge in [-0.25, -0.2) is 0 Å². The first-order valence-electron chi connectivity index (χ1n) is 17.4. The van der Waals surface area contributed by atoms with Crippen molar-refractivity contribution in [1.29, 1.82) is 0 Å². The molecular formula is C45H31N3O2S. The van der Waals surface area contributed by atoms with Crippen LogP contribution in [0.25, 0.3) is 75.2 Å². The first kappa shape index (κ1) is 29.0. The summed E-state index contributed by atoms with van der Waals surface area (Å²) < 4.78 is 15.5. The van der Waals surface area contributed by atoms with Gasteiger partial charge in [-0.3, -0.25) is 16.0 Å². The third-order valence-electron chi connectivity index (χ3n) is 10.4. The highest BCUT2D eigenvalue weighted by molar-refractivity contribution is 7.25. The fourth-order valence-electron chi connectivity index (χ4n) is 8.01. The van der Waals surface area contributed by atoms with Gasteiger partial charge in [-0.2, -0.15) is 0 Å². The summed E-state index contributed by atoms with van der Waals surface area (Å²) in [6, 6.07) is 53.7. The van der Waals surface area contributed by atoms with E-state index in [0.717, 1.165) is 60.6 Å². The number of benzene rings is 7. The number of fused-ring (bicyclic) bond motifs is 9. The standard InChI is InChI=1S/C45H31N3O2S/c1-2-10-26(11-3-1)43-46-44(48-45(47-43)34-16-9-19-40-41(34)33-13-5-7-18-39(33)51-40)28-21-23-37-35(24-28)31-22-20-27(25-38(31)49-37)29-14-8-15-32-30-12-4-6-17-36(30)50-42(29)32/h1-25,43-48H. The molecule has 0 radical (unpaired) electrons. The Morgan fingerprint density at radius 2 is 1.14 bits per heavy atom. The van der Waals surface area contributed by atoms with Crippen LogP contribution in [0.3, 0.4) is 0 Å². The van der Waals surface area contributed by atoms with Crippen molar-refractivity contribution in [3.05, 3.63) is 168 Å². The molecule has 51 heavy (non-hydrogen) atoms. The summed E-state index contributed by atoms with van der Waals surface area (Å²) in [5.41, 5.74) is 9.23. The Balaban J connectivity index is 1.00. The van der Waals surface area contributed by atoms with Gasteiger partial charge in [0.05, 0.1) is 18.5 Å². The molecule has 0 saturated carbocycles. The van der Waals surface area contributed by atoms with Crippen molar-refractivity contribution in [3.63, 3.8) is 0 Å². The first-order chi connectivity index (χ1) is 25.2. The van der Waals surface area contributed by atoms with Crippen LogP contribution in [0.5, 0.6) is 0 Å². The van der Waals surface area contributed by atoms with Gasteiger partial charge < -0.3 is 8.83 Å². The SMILES string of the molecule is c1ccc(C2NC(c3ccc4oc5cc(-c6cccc7c6oc6ccccc67)ccc5c4c3)NC(c3cccc4sc5ccccc5c34)N2)cc1. The number of hydrogen-bond acceptors (Lipinski definition) is 6. The van der Waals surface area contributed by atoms with Crippen LogP contribution < -0.4 is 16.0 Å². The number of thiophene rings is 1. The molecule has 0 bridgehead atoms. The van der Waals surface area contributed by atoms with Crippen LogP contribution in [0.2, 0.25) is 0 Å². The van der Waals surface area contributed by atoms with Gasteiger partial charge in [0.1, 0.15) is 22.3 Å². The van der Waals surface area contributed by atoms with E-state index in [1.165, 1.54) is 31.3 Å². The fourth-order valence-corrected chi connectivity index (χ4v) is 9.15. The molecule has 11 rings (SSSR count). The Bertz CT molecular complexity index is 2940. The number of hydrogen-bond donors (Lipinski definition) is 3. The number of furan rings is 2. The predicted octanol–water partition coefficient (Wildman–Crippen LogP) is 11.7. The Morgan fingerprint density at radius 1 is 0.431 bits per heavy atom. The van der Waals surface area contributed by atoms with Crippen molar-refractivity contribution in [3.8, 4) is 11.1 Å². The van der Waals surface area contributed by atoms with Gasteiger partial charge in [-0.05, 0) is 64.7 Å². The van der Waals surface area contributed by atoms with Gasteiger partial charge in [0, 0.05) is 47.3 Å². The third-order valence-corrected chi connectivity index (χ3v) is 11.6. The maximum atomic E-state index is 6.51. The van der Waals surface area contributed by atoms with Crippen molar-refractivity contribution in [2.45, 2.75) is 18.5 Å². The lowest BCUT2D eigenvalue weighted by atomic mass is 9.99. The van der Waals surface area contributed by atoms with Crippen LogP contribution >= 0.6 is 11.3 Å². The summed E-state index contributed by atoms with van der Waals surface area (Å²) in [6.07, 6.45) is -0.285. The van der Waals surface area contributed by atoms with Gasteiger partial charge in [0.2, 0.25) is 0 Å². The van der Waals surface area contributed by atoms with E-state index in [0.29, 0.717) is 0 Å². The second-order valence-corrected chi connectivity index (χ2v) is 14.5. The maximum absolute atomic E-state index is 6.51. The van der Waals surface area contributed by atoms with E-state index in [1.54, 1.807) is 0 Å². The molecule has 1 aliphatic rings. The van der Waals surface area contributed by atoms with Gasteiger partial charge in [0.15, 0.2) is 0 Å². The molecule has 10 aromatic rings. The molecule has 3 unspecified atom stereocenters. The molecule has 1 fully saturated rings. The summed E-state index contributed by atoms with van der Waals surface area (Å²) in [7, 11) is 0. The highest BCUT2D eigenvalue weighted by Crippen LogP contribution is 2.41. The van der Waals surface area contributed by atoms with Crippen molar-refractivity contribution in [2.75, 3.05) is 0 Å². The van der Waals surface area contributed by atoms with E-state index in [4.69, 9.17) is 8.83 Å². The van der Waals surface area contributed by atoms with E-state index in [1.807, 2.05) is 23.5 Å². The topological polar surface area (TPSA) is 62.4 Å². The molecule has 244 valence electrons. The van der Waals surface area contributed by atoms with Gasteiger partial charge >= 0.3 is 0 Å². The molecule has 0 aliphatic carbocycles. The van der Waals surface area contributed by atoms with Crippen molar-refractivity contribution in [1.82, 2.24) is 16.0 Å². The molecule has 3 N–H and O–H groups in total. The molecular weight excluding hydrogens is 647 g/mol. The van der Waals surface area contributed by atoms with E-state index in [-0.39, 0.29) is 18.5 Å². The lowest BCUT2D eigenvalue weighted by molar-refractivity contribution is 0.204. The summed E-state index contributed by atoms with van der Waals surface area (Å²) >= 11 is 1.85. The monoisotopic (exact) mass is 677 g/mol. The van der Waals surface area contributed by atoms with E-state index < -0.39 is 0 Å². The first-order valence-corrected chi connectivity index (χ1v) is 18.2. The minimum Gasteiger partial charge on any atom is -0.456 e. The number of nitrogens with one attached hydrogen (secondary N) is 3. The number of para-hydroxylation sites is 2. The largest absolute Gasteiger partial charge is 0.456 e. The summed E-state index contributed by atoms with van der Waals surface area (Å²) in [6.45, 7) is 0. The quantitative estimate of drug-likeness (QED) is 0.173. The van der Waals surface area contributed by atoms with Gasteiger partial charge in [-0.1, -0.05) is 109 Å². The molecule has 7 aromatic carbocycles. The summed E-state index contributed by atoms with van der Waals surface area (Å²) in [5.74, 6) is 0. The van der Waals surface area contributed by atoms with Crippen LogP contribution in [0.4, 0.5) is 0 Å². The minimum absolute atomic E-state index is 0.0667. The molecule has 1 saturated heterocycles. The zero-order valence-corrected chi connectivity index (χ0v) is 28.2. The van der Waals surface area contributed by atoms with Gasteiger partial charge in [0.25, 0.3) is 0 Å². The highest BCUT2D eigenvalue weighted by Gasteiger charge is 2.31. The van der Waals surface area contributed by atoms with Crippen LogP contribution in [0.15, 0.2) is 160 Å². The molecule has 1 aliphatic heterocycles. The van der Waals surface area contributed by atoms with E-state index >= 15 is 0 Å². The fraction of sp³-hybridized carbons (Fsp3) is 0.0667. The highest BCUT2D eigenvalue weighted by atomic mass is 32.1. The van der Waals surface area contributed by atoms with Crippen molar-refractivity contribution in [2.24, 2.45) is 0 Å². The normalized spacial score (nSPS) is 18.2. The predicted molar refractivity (Wildman–Crippen MR) is 210 cm³/mol. The zero-order valence-electron chi connectivity index (χ0n) is 27.4. The van der Waals surface area contributed by atoms with Crippen LogP contribution in [0.1, 0.15) is 35.2 Å². The molecule has 0 amide bonds. The van der Waals surface area contributed by atoms with E-state index in [9.17, 15) is 0 Å². The third kappa shape index (κ3) is 4.65. The van der Waals surface area contributed by atoms with Crippen LogP contribution in [-0.2, 0) is 0 Å².